The Morgan fingerprint density at radius 2 is 1.94 bits per heavy atom. The van der Waals surface area contributed by atoms with Gasteiger partial charge in [0, 0.05) is 28.2 Å². The predicted octanol–water partition coefficient (Wildman–Crippen LogP) is 3.54. The Labute approximate surface area is 103 Å². The fourth-order valence-electron chi connectivity index (χ4n) is 2.46. The van der Waals surface area contributed by atoms with Crippen molar-refractivity contribution in [3.63, 3.8) is 0 Å². The zero-order chi connectivity index (χ0) is 11.7. The third-order valence-electron chi connectivity index (χ3n) is 3.10. The van der Waals surface area contributed by atoms with Crippen LogP contribution in [0.3, 0.4) is 0 Å². The maximum Gasteiger partial charge on any atom is 0.185 e. The number of fused-ring (bicyclic) bond motifs is 1. The van der Waals surface area contributed by atoms with Gasteiger partial charge >= 0.3 is 0 Å². The van der Waals surface area contributed by atoms with Gasteiger partial charge in [-0.25, -0.2) is 4.57 Å². The molecule has 1 aliphatic rings. The number of hydrogen-bond donors (Lipinski definition) is 0. The fraction of sp³-hybridized carbons (Fsp3) is 0.643. The van der Waals surface area contributed by atoms with Crippen LogP contribution in [-0.4, -0.2) is 5.25 Å². The molecule has 0 atom stereocenters. The molecule has 2 heteroatoms. The van der Waals surface area contributed by atoms with Gasteiger partial charge in [-0.05, 0) is 26.7 Å². The Balaban J connectivity index is 2.41. The summed E-state index contributed by atoms with van der Waals surface area (Å²) in [6.45, 7) is 9.09. The molecule has 0 fully saturated rings. The Bertz CT molecular complexity index is 383. The summed E-state index contributed by atoms with van der Waals surface area (Å²) >= 11 is 2.01. The lowest BCUT2D eigenvalue weighted by Crippen LogP contribution is -2.40. The molecule has 1 aromatic heterocycles. The fourth-order valence-corrected chi connectivity index (χ4v) is 3.47. The van der Waals surface area contributed by atoms with E-state index in [9.17, 15) is 0 Å². The minimum absolute atomic E-state index is 0.588. The highest BCUT2D eigenvalue weighted by Crippen LogP contribution is 2.32. The molecule has 0 saturated heterocycles. The first-order valence-electron chi connectivity index (χ1n) is 6.32. The molecule has 16 heavy (non-hydrogen) atoms. The van der Waals surface area contributed by atoms with E-state index >= 15 is 0 Å². The molecular weight excluding hydrogens is 214 g/mol. The zero-order valence-electron chi connectivity index (χ0n) is 10.8. The van der Waals surface area contributed by atoms with E-state index in [1.54, 1.807) is 11.3 Å². The molecule has 1 nitrogen and oxygen atoms in total. The molecule has 1 aliphatic carbocycles. The van der Waals surface area contributed by atoms with E-state index in [1.807, 2.05) is 11.8 Å². The summed E-state index contributed by atoms with van der Waals surface area (Å²) in [5.74, 6) is 0. The Kier molecular flexibility index (Phi) is 3.58. The normalized spacial score (nSPS) is 14.9. The highest BCUT2D eigenvalue weighted by Gasteiger charge is 2.26. The molecule has 0 aliphatic heterocycles. The first-order chi connectivity index (χ1) is 7.59. The van der Waals surface area contributed by atoms with Crippen molar-refractivity contribution < 1.29 is 4.57 Å². The van der Waals surface area contributed by atoms with Gasteiger partial charge in [-0.2, -0.15) is 0 Å². The van der Waals surface area contributed by atoms with Crippen molar-refractivity contribution in [1.29, 1.82) is 0 Å². The van der Waals surface area contributed by atoms with E-state index < -0.39 is 0 Å². The summed E-state index contributed by atoms with van der Waals surface area (Å²) in [7, 11) is 0. The van der Waals surface area contributed by atoms with Crippen molar-refractivity contribution in [3.8, 4) is 0 Å². The Morgan fingerprint density at radius 1 is 1.19 bits per heavy atom. The summed E-state index contributed by atoms with van der Waals surface area (Å²) < 4.78 is 2.45. The molecule has 0 bridgehead atoms. The number of nitrogens with zero attached hydrogens (tertiary/aromatic N) is 1. The zero-order valence-corrected chi connectivity index (χ0v) is 11.6. The summed E-state index contributed by atoms with van der Waals surface area (Å²) in [5, 5.41) is 0.680. The average Bonchev–Trinajstić information content (AvgIpc) is 2.65. The van der Waals surface area contributed by atoms with Crippen LogP contribution in [-0.2, 0) is 12.8 Å². The number of aromatic nitrogens is 1. The molecule has 0 saturated carbocycles. The quantitative estimate of drug-likeness (QED) is 0.573. The monoisotopic (exact) mass is 236 g/mol. The van der Waals surface area contributed by atoms with E-state index in [0.29, 0.717) is 11.3 Å². The molecule has 1 heterocycles. The van der Waals surface area contributed by atoms with Gasteiger partial charge in [0.05, 0.1) is 0 Å². The lowest BCUT2D eigenvalue weighted by Gasteiger charge is -2.11. The van der Waals surface area contributed by atoms with Gasteiger partial charge in [0.25, 0.3) is 0 Å². The molecule has 0 spiro atoms. The molecule has 0 unspecified atom stereocenters. The van der Waals surface area contributed by atoms with Crippen molar-refractivity contribution in [2.24, 2.45) is 0 Å². The number of hydrogen-bond acceptors (Lipinski definition) is 1. The second-order valence-corrected chi connectivity index (χ2v) is 6.74. The number of thioether (sulfide) groups is 1. The van der Waals surface area contributed by atoms with Crippen molar-refractivity contribution in [2.45, 2.75) is 63.1 Å². The van der Waals surface area contributed by atoms with Crippen LogP contribution in [0.5, 0.6) is 0 Å². The maximum atomic E-state index is 2.45. The standard InChI is InChI=1S/C14H22NS/c1-10(2)15-9-8-14(16-11(3)4)12-6-5-7-13(12)15/h8-11H,5-7H2,1-4H3/q+1. The van der Waals surface area contributed by atoms with Gasteiger partial charge in [-0.3, -0.25) is 0 Å². The van der Waals surface area contributed by atoms with E-state index in [-0.39, 0.29) is 0 Å². The highest BCUT2D eigenvalue weighted by atomic mass is 32.2. The van der Waals surface area contributed by atoms with Gasteiger partial charge in [0.15, 0.2) is 17.9 Å². The first kappa shape index (κ1) is 12.0. The van der Waals surface area contributed by atoms with Crippen molar-refractivity contribution >= 4 is 11.8 Å². The molecule has 0 amide bonds. The van der Waals surface area contributed by atoms with Gasteiger partial charge in [0.2, 0.25) is 0 Å². The van der Waals surface area contributed by atoms with Crippen LogP contribution < -0.4 is 4.57 Å². The van der Waals surface area contributed by atoms with Crippen molar-refractivity contribution in [3.05, 3.63) is 23.5 Å². The van der Waals surface area contributed by atoms with E-state index in [4.69, 9.17) is 0 Å². The molecule has 0 radical (unpaired) electrons. The smallest absolute Gasteiger partial charge is 0.185 e. The number of pyridine rings is 1. The minimum atomic E-state index is 0.588. The molecule has 0 aromatic carbocycles. The SMILES string of the molecule is CC(C)Sc1cc[n+](C(C)C)c2c1CCC2. The van der Waals surface area contributed by atoms with E-state index in [1.165, 1.54) is 24.2 Å². The van der Waals surface area contributed by atoms with Crippen molar-refractivity contribution in [2.75, 3.05) is 0 Å². The van der Waals surface area contributed by atoms with Crippen molar-refractivity contribution in [1.82, 2.24) is 0 Å². The largest absolute Gasteiger partial charge is 0.200 e. The van der Waals surface area contributed by atoms with Crippen LogP contribution in [0, 0.1) is 0 Å². The van der Waals surface area contributed by atoms with Gasteiger partial charge in [0.1, 0.15) is 0 Å². The van der Waals surface area contributed by atoms with Gasteiger partial charge in [-0.1, -0.05) is 13.8 Å². The second-order valence-electron chi connectivity index (χ2n) is 5.13. The summed E-state index contributed by atoms with van der Waals surface area (Å²) in [4.78, 5) is 1.51. The third-order valence-corrected chi connectivity index (χ3v) is 4.21. The number of rotatable bonds is 3. The van der Waals surface area contributed by atoms with Crippen LogP contribution in [0.15, 0.2) is 17.2 Å². The molecular formula is C14H22NS+. The summed E-state index contributed by atoms with van der Waals surface area (Å²) in [6, 6.07) is 2.90. The van der Waals surface area contributed by atoms with E-state index in [0.717, 1.165) is 0 Å². The first-order valence-corrected chi connectivity index (χ1v) is 7.20. The summed E-state index contributed by atoms with van der Waals surface area (Å²) in [6.07, 6.45) is 6.15. The predicted molar refractivity (Wildman–Crippen MR) is 70.0 cm³/mol. The average molecular weight is 236 g/mol. The minimum Gasteiger partial charge on any atom is -0.200 e. The maximum absolute atomic E-state index is 2.45. The molecule has 1 aromatic rings. The van der Waals surface area contributed by atoms with Gasteiger partial charge < -0.3 is 0 Å². The summed E-state index contributed by atoms with van der Waals surface area (Å²) in [5.41, 5.74) is 3.20. The topological polar surface area (TPSA) is 3.88 Å². The van der Waals surface area contributed by atoms with Crippen LogP contribution in [0.1, 0.15) is 51.4 Å². The lowest BCUT2D eigenvalue weighted by molar-refractivity contribution is -0.723. The van der Waals surface area contributed by atoms with Crippen LogP contribution in [0.25, 0.3) is 0 Å². The highest BCUT2D eigenvalue weighted by molar-refractivity contribution is 8.00. The molecule has 88 valence electrons. The van der Waals surface area contributed by atoms with Crippen LogP contribution >= 0.6 is 11.8 Å². The Morgan fingerprint density at radius 3 is 2.56 bits per heavy atom. The van der Waals surface area contributed by atoms with Crippen LogP contribution in [0.2, 0.25) is 0 Å². The van der Waals surface area contributed by atoms with Gasteiger partial charge in [-0.15, -0.1) is 11.8 Å². The van der Waals surface area contributed by atoms with Crippen LogP contribution in [0.4, 0.5) is 0 Å². The van der Waals surface area contributed by atoms with E-state index in [2.05, 4.69) is 44.5 Å². The molecule has 2 rings (SSSR count). The second kappa shape index (κ2) is 4.79. The molecule has 0 N–H and O–H groups in total. The third kappa shape index (κ3) is 2.27. The Hall–Kier alpha value is -0.500. The lowest BCUT2D eigenvalue weighted by atomic mass is 10.2.